The number of aliphatic hydroxyl groups excluding tert-OH is 2. The number of tetrazole rings is 1. The maximum Gasteiger partial charge on any atom is 0.305 e. The highest BCUT2D eigenvalue weighted by molar-refractivity contribution is 8.00. The number of amides is 16. The van der Waals surface area contributed by atoms with Crippen LogP contribution in [0.1, 0.15) is 151 Å². The zero-order valence-corrected chi connectivity index (χ0v) is 77.1. The van der Waals surface area contributed by atoms with Crippen LogP contribution in [0.25, 0.3) is 21.0 Å². The second kappa shape index (κ2) is 49.3. The summed E-state index contributed by atoms with van der Waals surface area (Å²) >= 11 is 2.05. The molecule has 46 nitrogen and oxygen atoms in total. The number of aromatic nitrogens is 7. The monoisotopic (exact) mass is 1930 g/mol. The van der Waals surface area contributed by atoms with Crippen molar-refractivity contribution in [2.45, 2.75) is 227 Å². The van der Waals surface area contributed by atoms with Gasteiger partial charge in [-0.1, -0.05) is 88.1 Å². The Labute approximate surface area is 787 Å². The first-order valence-corrected chi connectivity index (χ1v) is 46.5. The Balaban J connectivity index is 1.03. The van der Waals surface area contributed by atoms with Gasteiger partial charge in [0.15, 0.2) is 5.82 Å². The van der Waals surface area contributed by atoms with E-state index in [1.54, 1.807) is 61.0 Å². The number of H-pyrrole nitrogens is 2. The summed E-state index contributed by atoms with van der Waals surface area (Å²) in [7, 11) is 2.59. The average molecular weight is 1930 g/mol. The number of thiophene rings is 1. The van der Waals surface area contributed by atoms with E-state index in [2.05, 4.69) is 83.6 Å². The Bertz CT molecular complexity index is 5480. The number of para-hydroxylation sites is 1. The van der Waals surface area contributed by atoms with Gasteiger partial charge in [-0.2, -0.15) is 0 Å². The minimum absolute atomic E-state index is 0.0519. The summed E-state index contributed by atoms with van der Waals surface area (Å²) in [5.41, 5.74) is 13.2. The minimum atomic E-state index is -1.94. The van der Waals surface area contributed by atoms with Gasteiger partial charge in [0.05, 0.1) is 49.5 Å². The number of aliphatic hydroxyl groups is 2. The van der Waals surface area contributed by atoms with Gasteiger partial charge in [-0.25, -0.2) is 9.67 Å². The second-order valence-electron chi connectivity index (χ2n) is 33.6. The van der Waals surface area contributed by atoms with E-state index < -0.39 is 273 Å². The summed E-state index contributed by atoms with van der Waals surface area (Å²) in [6, 6.07) is -3.48. The molecule has 4 aromatic heterocycles. The lowest BCUT2D eigenvalue weighted by Gasteiger charge is -2.36. The minimum Gasteiger partial charge on any atom is -0.508 e. The molecule has 0 bridgehead atoms. The van der Waals surface area contributed by atoms with Gasteiger partial charge in [0.2, 0.25) is 94.5 Å². The Kier molecular flexibility index (Phi) is 37.7. The number of imidazole rings is 1. The smallest absolute Gasteiger partial charge is 0.305 e. The summed E-state index contributed by atoms with van der Waals surface area (Å²) < 4.78 is 1.74. The molecule has 1 unspecified atom stereocenters. The molecule has 0 spiro atoms. The number of nitrogens with one attached hydrogen (secondary N) is 12. The van der Waals surface area contributed by atoms with Crippen LogP contribution in [0.4, 0.5) is 0 Å². The lowest BCUT2D eigenvalue weighted by atomic mass is 10.00. The molecule has 0 radical (unpaired) electrons. The normalized spacial score (nSPS) is 24.4. The molecule has 732 valence electrons. The van der Waals surface area contributed by atoms with E-state index in [0.29, 0.717) is 52.2 Å². The van der Waals surface area contributed by atoms with Crippen LogP contribution in [-0.2, 0) is 112 Å². The molecule has 7 aromatic rings. The highest BCUT2D eigenvalue weighted by Gasteiger charge is 2.47. The third kappa shape index (κ3) is 28.1. The fraction of sp³-hybridized carbons (Fsp3) is 0.500. The summed E-state index contributed by atoms with van der Waals surface area (Å²) in [6.07, 6.45) is -1.27. The van der Waals surface area contributed by atoms with Crippen LogP contribution in [0, 0.1) is 0 Å². The summed E-state index contributed by atoms with van der Waals surface area (Å²) in [4.78, 5) is 274. The number of nitrogens with zero attached hydrogens (tertiary/aromatic N) is 9. The van der Waals surface area contributed by atoms with Crippen molar-refractivity contribution in [2.75, 3.05) is 51.8 Å². The molecule has 7 heterocycles. The molecule has 136 heavy (non-hydrogen) atoms. The van der Waals surface area contributed by atoms with Gasteiger partial charge in [-0.15, -0.1) is 28.2 Å². The molecule has 3 aliphatic heterocycles. The predicted molar refractivity (Wildman–Crippen MR) is 488 cm³/mol. The lowest BCUT2D eigenvalue weighted by Crippen LogP contribution is -2.61. The number of aliphatic carboxylic acids is 2. The van der Waals surface area contributed by atoms with Crippen molar-refractivity contribution in [3.05, 3.63) is 125 Å². The number of nitrogens with two attached hydrogens (primary N) is 2. The third-order valence-electron chi connectivity index (χ3n) is 23.8. The molecule has 0 aliphatic carbocycles. The van der Waals surface area contributed by atoms with Crippen LogP contribution in [0.3, 0.4) is 0 Å². The van der Waals surface area contributed by atoms with Crippen LogP contribution < -0.4 is 64.6 Å². The lowest BCUT2D eigenvalue weighted by molar-refractivity contribution is -0.149. The van der Waals surface area contributed by atoms with E-state index in [1.165, 1.54) is 69.1 Å². The first-order chi connectivity index (χ1) is 64.9. The Morgan fingerprint density at radius 1 is 0.574 bits per heavy atom. The Hall–Kier alpha value is -14.0. The van der Waals surface area contributed by atoms with Crippen molar-refractivity contribution >= 4 is 151 Å². The first kappa shape index (κ1) is 104. The van der Waals surface area contributed by atoms with E-state index in [1.807, 2.05) is 13.0 Å². The standard InChI is InChI=1S/C88H115N23O23S2/c1-6-8-18-65-82(128)96-56(27-29-73(118)119)78(124)103-64(77(123)93-39-71(90)116)43-135-44-72(117)95-58(31-47-22-24-51(113)25-23-47)75-104-105-106-111(75)46(3)76(122)100-62(36-74(120)121)87(133)109-30-14-20-66(109)83(129)99-60(34-50-38-91-45-94-50)80(126)97-57(26-28-70(89)115)86(132)110-40-52(114)35-68(110)84(130)98-59(32-48-37-92-55-17-12-10-15-53(48)55)79(125)102-63(41-112)81(127)101-61(33-49-42-136-69-21-13-11-16-54(49)69)85(131)108(5)67(19-9-7-2)88(134)107(65)4/h10-13,15-17,21-25,37-38,42,45-46,52,56-68,92,112-114H,6-9,14,18-20,26-36,39-41,43-44H2,1-5H3,(H2,89,115)(H2,90,116)(H,91,94)(H,93,123)(H,95,117)(H,96,128)(H,97,126)(H,98,130)(H,99,129)(H,100,122)(H,101,127)(H,102,125)(H,103,124)(H,118,119)(H,120,121)/t46-,52+,56-,57-,58?,59-,60-,61-,62-,63-,64-,65-,66-,67-,68-/m0/s1. The molecule has 0 saturated carbocycles. The maximum atomic E-state index is 15.7. The van der Waals surface area contributed by atoms with Crippen molar-refractivity contribution < 1.29 is 112 Å². The summed E-state index contributed by atoms with van der Waals surface area (Å²) in [5, 5.41) is 94.0. The average Bonchev–Trinajstić information content (AvgIpc) is 1.51. The highest BCUT2D eigenvalue weighted by Crippen LogP contribution is 2.31. The summed E-state index contributed by atoms with van der Waals surface area (Å²) in [5.74, 6) is -20.8. The zero-order valence-electron chi connectivity index (χ0n) is 75.4. The molecule has 16 amide bonds. The van der Waals surface area contributed by atoms with Gasteiger partial charge < -0.3 is 120 Å². The van der Waals surface area contributed by atoms with Gasteiger partial charge in [0.25, 0.3) is 0 Å². The highest BCUT2D eigenvalue weighted by atomic mass is 32.2. The molecule has 2 saturated heterocycles. The number of phenolic OH excluding ortho intramolecular Hbond substituents is 1. The first-order valence-electron chi connectivity index (χ1n) is 44.5. The fourth-order valence-corrected chi connectivity index (χ4v) is 18.3. The van der Waals surface area contributed by atoms with Crippen molar-refractivity contribution in [3.63, 3.8) is 0 Å². The maximum absolute atomic E-state index is 15.7. The zero-order chi connectivity index (χ0) is 98.7. The summed E-state index contributed by atoms with van der Waals surface area (Å²) in [6.45, 7) is 2.17. The van der Waals surface area contributed by atoms with Gasteiger partial charge in [0, 0.05) is 106 Å². The van der Waals surface area contributed by atoms with Crippen LogP contribution >= 0.6 is 23.1 Å². The number of carbonyl (C=O) groups is 18. The van der Waals surface area contributed by atoms with Crippen molar-refractivity contribution in [1.82, 2.24) is 108 Å². The van der Waals surface area contributed by atoms with Crippen molar-refractivity contribution in [1.29, 1.82) is 0 Å². The number of aromatic hydroxyl groups is 1. The van der Waals surface area contributed by atoms with E-state index in [0.717, 1.165) is 40.7 Å². The van der Waals surface area contributed by atoms with Gasteiger partial charge >= 0.3 is 11.9 Å². The number of aromatic amines is 2. The molecular weight excluding hydrogens is 1810 g/mol. The SMILES string of the molecule is CCCC[C@H]1C(=O)N(C)[C@@H](CCCC)C(=O)N[C@@H](CCC(=O)O)C(=O)N[C@H](C(=O)NCC(N)=O)CSCC(=O)NC(Cc2ccc(O)cc2)c2nnnn2[C@@H](C)C(=O)N[C@@H](CC(=O)O)C(=O)N2CCC[C@H]2C(=O)N[C@@H](Cc2c[nH]cn2)C(=O)N[C@@H](CCC(N)=O)C(=O)N2C[C@H](O)C[C@H]2C(=O)N[C@@H](Cc2c[nH]c3ccccc23)C(=O)N[C@@H](CO)C(=O)N[C@@H](Cc2csc3ccccc23)C(=O)N1C. The Morgan fingerprint density at radius 3 is 1.85 bits per heavy atom. The Morgan fingerprint density at radius 2 is 1.18 bits per heavy atom. The number of carboxylic acid groups (broad SMARTS) is 2. The number of carbonyl (C=O) groups excluding carboxylic acids is 16. The molecular formula is C88H115N23O23S2. The van der Waals surface area contributed by atoms with Crippen molar-refractivity contribution in [2.24, 2.45) is 11.5 Å². The molecule has 48 heteroatoms. The number of hydrogen-bond donors (Lipinski definition) is 19. The van der Waals surface area contributed by atoms with E-state index >= 15 is 38.4 Å². The van der Waals surface area contributed by atoms with Gasteiger partial charge in [-0.05, 0) is 108 Å². The third-order valence-corrected chi connectivity index (χ3v) is 25.8. The molecule has 2 fully saturated rings. The fourth-order valence-electron chi connectivity index (χ4n) is 16.4. The van der Waals surface area contributed by atoms with Crippen molar-refractivity contribution in [3.8, 4) is 5.75 Å². The van der Waals surface area contributed by atoms with Crippen LogP contribution in [0.15, 0.2) is 96.9 Å². The second-order valence-corrected chi connectivity index (χ2v) is 35.6. The number of likely N-dealkylation sites (N-methyl/N-ethyl adjacent to an activating group) is 2. The number of phenols is 1. The molecule has 3 aliphatic rings. The largest absolute Gasteiger partial charge is 0.508 e. The van der Waals surface area contributed by atoms with Crippen LogP contribution in [0.5, 0.6) is 5.75 Å². The van der Waals surface area contributed by atoms with E-state index in [4.69, 9.17) is 11.5 Å². The number of rotatable bonds is 26. The number of fused-ring (bicyclic) bond motifs is 5. The molecule has 15 atom stereocenters. The van der Waals surface area contributed by atoms with E-state index in [9.17, 15) is 73.5 Å². The van der Waals surface area contributed by atoms with Gasteiger partial charge in [-0.3, -0.25) is 86.3 Å². The quantitative estimate of drug-likeness (QED) is 0.0262. The molecule has 10 rings (SSSR count). The number of carboxylic acids is 2. The number of benzene rings is 3. The topological polar surface area (TPSA) is 682 Å². The number of unbranched alkanes of at least 4 members (excludes halogenated alkanes) is 2. The predicted octanol–water partition coefficient (Wildman–Crippen LogP) is -2.70. The van der Waals surface area contributed by atoms with Gasteiger partial charge in [0.1, 0.15) is 84.3 Å². The number of hydrogen-bond acceptors (Lipinski definition) is 27. The van der Waals surface area contributed by atoms with Crippen LogP contribution in [0.2, 0.25) is 0 Å². The van der Waals surface area contributed by atoms with E-state index in [-0.39, 0.29) is 75.2 Å². The van der Waals surface area contributed by atoms with Crippen LogP contribution in [-0.4, -0.2) is 317 Å². The molecule has 3 aromatic carbocycles. The molecule has 21 N–H and O–H groups in total. The number of primary amides is 2. The number of thioether (sulfide) groups is 1.